The van der Waals surface area contributed by atoms with Crippen LogP contribution in [0.25, 0.3) is 0 Å². The zero-order chi connectivity index (χ0) is 19.9. The summed E-state index contributed by atoms with van der Waals surface area (Å²) in [6.07, 6.45) is 23.7. The molecule has 0 saturated carbocycles. The molecular weight excluding hydrogens is 404 g/mol. The summed E-state index contributed by atoms with van der Waals surface area (Å²) in [6.45, 7) is 14.3. The van der Waals surface area contributed by atoms with E-state index in [1.165, 1.54) is 64.2 Å². The molecule has 2 atom stereocenters. The second-order valence-electron chi connectivity index (χ2n) is 8.47. The van der Waals surface area contributed by atoms with Crippen molar-refractivity contribution in [3.8, 4) is 0 Å². The SMILES string of the molecule is CCCCC1=C[C](CC)([Zr][C]2(CC)C=C(CCCC)C=C2CC)C(CC)=C1. The Hall–Kier alpha value is -0.157. The third-order valence-corrected chi connectivity index (χ3v) is 12.9. The van der Waals surface area contributed by atoms with Gasteiger partial charge in [-0.05, 0) is 0 Å². The number of hydrogen-bond acceptors (Lipinski definition) is 0. The Balaban J connectivity index is 2.37. The molecule has 2 aliphatic rings. The monoisotopic (exact) mass is 444 g/mol. The van der Waals surface area contributed by atoms with E-state index >= 15 is 0 Å². The molecule has 150 valence electrons. The molecule has 0 fully saturated rings. The summed E-state index contributed by atoms with van der Waals surface area (Å²) in [6, 6.07) is 0. The number of allylic oxidation sites excluding steroid dienone is 8. The molecule has 2 aliphatic carbocycles. The first-order valence-electron chi connectivity index (χ1n) is 11.7. The van der Waals surface area contributed by atoms with Gasteiger partial charge in [0, 0.05) is 0 Å². The molecule has 0 amide bonds. The maximum atomic E-state index is 2.76. The van der Waals surface area contributed by atoms with Gasteiger partial charge in [-0.25, -0.2) is 0 Å². The fraction of sp³-hybridized carbons (Fsp3) is 0.692. The van der Waals surface area contributed by atoms with Crippen molar-refractivity contribution in [3.05, 3.63) is 46.6 Å². The maximum absolute atomic E-state index is 2.76. The van der Waals surface area contributed by atoms with Crippen LogP contribution in [0.2, 0.25) is 6.25 Å². The van der Waals surface area contributed by atoms with E-state index in [9.17, 15) is 0 Å². The summed E-state index contributed by atoms with van der Waals surface area (Å²) in [5, 5.41) is 0. The van der Waals surface area contributed by atoms with Gasteiger partial charge in [-0.1, -0.05) is 0 Å². The van der Waals surface area contributed by atoms with E-state index in [4.69, 9.17) is 0 Å². The van der Waals surface area contributed by atoms with Crippen LogP contribution in [0, 0.1) is 0 Å². The van der Waals surface area contributed by atoms with Crippen molar-refractivity contribution in [2.24, 2.45) is 0 Å². The zero-order valence-electron chi connectivity index (χ0n) is 18.9. The molecule has 0 saturated heterocycles. The third-order valence-electron chi connectivity index (χ3n) is 6.69. The van der Waals surface area contributed by atoms with Crippen molar-refractivity contribution in [3.63, 3.8) is 0 Å². The van der Waals surface area contributed by atoms with Crippen LogP contribution in [-0.2, 0) is 23.2 Å². The average Bonchev–Trinajstić information content (AvgIpc) is 3.23. The van der Waals surface area contributed by atoms with Crippen LogP contribution < -0.4 is 0 Å². The van der Waals surface area contributed by atoms with Gasteiger partial charge in [-0.3, -0.25) is 0 Å². The van der Waals surface area contributed by atoms with Crippen molar-refractivity contribution in [1.82, 2.24) is 0 Å². The molecule has 27 heavy (non-hydrogen) atoms. The summed E-state index contributed by atoms with van der Waals surface area (Å²) in [7, 11) is 0. The Labute approximate surface area is 181 Å². The van der Waals surface area contributed by atoms with Crippen molar-refractivity contribution in [1.29, 1.82) is 0 Å². The van der Waals surface area contributed by atoms with Gasteiger partial charge in [-0.15, -0.1) is 0 Å². The summed E-state index contributed by atoms with van der Waals surface area (Å²) >= 11 is -0.734. The van der Waals surface area contributed by atoms with E-state index in [0.29, 0.717) is 6.25 Å². The van der Waals surface area contributed by atoms with Gasteiger partial charge in [0.05, 0.1) is 0 Å². The molecule has 0 heterocycles. The second kappa shape index (κ2) is 10.6. The third kappa shape index (κ3) is 5.07. The normalized spacial score (nSPS) is 27.3. The topological polar surface area (TPSA) is 0 Å². The second-order valence-corrected chi connectivity index (χ2v) is 13.5. The van der Waals surface area contributed by atoms with Crippen LogP contribution in [0.1, 0.15) is 106 Å². The summed E-state index contributed by atoms with van der Waals surface area (Å²) in [5.41, 5.74) is 6.83. The molecule has 0 bridgehead atoms. The molecule has 0 aromatic carbocycles. The van der Waals surface area contributed by atoms with Crippen molar-refractivity contribution in [2.75, 3.05) is 0 Å². The van der Waals surface area contributed by atoms with E-state index in [2.05, 4.69) is 65.8 Å². The van der Waals surface area contributed by atoms with Gasteiger partial charge in [0.1, 0.15) is 0 Å². The minimum atomic E-state index is -0.734. The molecule has 2 rings (SSSR count). The van der Waals surface area contributed by atoms with Gasteiger partial charge in [0.25, 0.3) is 0 Å². The average molecular weight is 446 g/mol. The van der Waals surface area contributed by atoms with E-state index in [0.717, 1.165) is 0 Å². The Morgan fingerprint density at radius 2 is 1.07 bits per heavy atom. The molecule has 0 radical (unpaired) electrons. The Kier molecular flexibility index (Phi) is 9.05. The molecule has 2 unspecified atom stereocenters. The van der Waals surface area contributed by atoms with Crippen LogP contribution in [0.5, 0.6) is 0 Å². The summed E-state index contributed by atoms with van der Waals surface area (Å²) < 4.78 is 0.893. The van der Waals surface area contributed by atoms with Crippen molar-refractivity contribution < 1.29 is 23.2 Å². The van der Waals surface area contributed by atoms with E-state index in [1.807, 2.05) is 0 Å². The molecular formula is C26H42Zr. The standard InChI is InChI=1S/2C13H21.Zr/c2*1-4-7-8-11-9-12(5-2)13(6-3)10-11;/h2*9-10H,4-8H2,1-3H3;. The molecule has 0 spiro atoms. The molecule has 1 heteroatoms. The molecule has 0 aromatic heterocycles. The van der Waals surface area contributed by atoms with Crippen LogP contribution in [0.3, 0.4) is 0 Å². The van der Waals surface area contributed by atoms with Crippen LogP contribution in [-0.4, -0.2) is 0 Å². The first kappa shape index (κ1) is 23.1. The van der Waals surface area contributed by atoms with Gasteiger partial charge >= 0.3 is 182 Å². The predicted molar refractivity (Wildman–Crippen MR) is 118 cm³/mol. The van der Waals surface area contributed by atoms with Crippen LogP contribution in [0.4, 0.5) is 0 Å². The van der Waals surface area contributed by atoms with Crippen molar-refractivity contribution >= 4 is 0 Å². The first-order valence-corrected chi connectivity index (χ1v) is 14.1. The summed E-state index contributed by atoms with van der Waals surface area (Å²) in [4.78, 5) is 0. The van der Waals surface area contributed by atoms with E-state index in [1.54, 1.807) is 22.3 Å². The van der Waals surface area contributed by atoms with Gasteiger partial charge in [0.15, 0.2) is 0 Å². The number of unbranched alkanes of at least 4 members (excludes halogenated alkanes) is 2. The number of rotatable bonds is 12. The zero-order valence-corrected chi connectivity index (χ0v) is 21.3. The molecule has 0 aromatic rings. The summed E-state index contributed by atoms with van der Waals surface area (Å²) in [5.74, 6) is 0. The fourth-order valence-corrected chi connectivity index (χ4v) is 11.1. The fourth-order valence-electron chi connectivity index (χ4n) is 4.96. The van der Waals surface area contributed by atoms with Crippen LogP contribution >= 0.6 is 0 Å². The predicted octanol–water partition coefficient (Wildman–Crippen LogP) is 9.14. The number of hydrogen-bond donors (Lipinski definition) is 0. The van der Waals surface area contributed by atoms with Crippen molar-refractivity contribution in [2.45, 2.75) is 112 Å². The van der Waals surface area contributed by atoms with Gasteiger partial charge in [-0.2, -0.15) is 0 Å². The quantitative estimate of drug-likeness (QED) is 0.281. The Morgan fingerprint density at radius 3 is 1.37 bits per heavy atom. The Bertz CT molecular complexity index is 564. The van der Waals surface area contributed by atoms with Gasteiger partial charge < -0.3 is 0 Å². The molecule has 0 nitrogen and oxygen atoms in total. The Morgan fingerprint density at radius 1 is 0.667 bits per heavy atom. The van der Waals surface area contributed by atoms with E-state index < -0.39 is 23.2 Å². The van der Waals surface area contributed by atoms with Gasteiger partial charge in [0.2, 0.25) is 0 Å². The first-order chi connectivity index (χ1) is 13.0. The molecule has 0 aliphatic heterocycles. The van der Waals surface area contributed by atoms with E-state index in [-0.39, 0.29) is 0 Å². The van der Waals surface area contributed by atoms with Crippen LogP contribution in [0.15, 0.2) is 46.6 Å². The molecule has 0 N–H and O–H groups in total. The minimum absolute atomic E-state index is 0.447.